The van der Waals surface area contributed by atoms with Crippen molar-refractivity contribution in [1.29, 1.82) is 0 Å². The Morgan fingerprint density at radius 3 is 0.945 bits per heavy atom. The molecule has 0 aliphatic heterocycles. The minimum atomic E-state index is -9.21. The number of carbonyl (C=O) groups is 1. The van der Waals surface area contributed by atoms with Gasteiger partial charge in [0.2, 0.25) is 5.91 Å². The van der Waals surface area contributed by atoms with Crippen LogP contribution in [0.15, 0.2) is 0 Å². The lowest BCUT2D eigenvalue weighted by molar-refractivity contribution is -0.475. The van der Waals surface area contributed by atoms with E-state index in [-0.39, 0.29) is 19.9 Å². The van der Waals surface area contributed by atoms with Crippen molar-refractivity contribution in [3.63, 3.8) is 0 Å². The monoisotopic (exact) mass is 857 g/mol. The van der Waals surface area contributed by atoms with Gasteiger partial charge >= 0.3 is 59.5 Å². The average molecular weight is 858 g/mol. The van der Waals surface area contributed by atoms with Gasteiger partial charge in [-0.15, -0.1) is 0 Å². The second kappa shape index (κ2) is 19.6. The van der Waals surface area contributed by atoms with Crippen molar-refractivity contribution in [3.05, 3.63) is 0 Å². The maximum absolute atomic E-state index is 14.5. The molecular weight excluding hydrogens is 813 g/mol. The third-order valence-corrected chi connectivity index (χ3v) is 9.00. The Balaban J connectivity index is 5.34. The van der Waals surface area contributed by atoms with E-state index in [9.17, 15) is 97.0 Å². The smallest absolute Gasteiger partial charge is 0.356 e. The van der Waals surface area contributed by atoms with Crippen LogP contribution in [0.1, 0.15) is 123 Å². The van der Waals surface area contributed by atoms with Crippen molar-refractivity contribution in [3.8, 4) is 0 Å². The number of alkyl halides is 21. The molecule has 1 unspecified atom stereocenters. The molecule has 0 rings (SSSR count). The quantitative estimate of drug-likeness (QED) is 0.0616. The van der Waals surface area contributed by atoms with E-state index < -0.39 is 77.7 Å². The van der Waals surface area contributed by atoms with Crippen molar-refractivity contribution in [2.45, 2.75) is 182 Å². The van der Waals surface area contributed by atoms with Crippen LogP contribution in [0.3, 0.4) is 0 Å². The fourth-order valence-electron chi connectivity index (χ4n) is 5.26. The molecule has 0 radical (unpaired) electrons. The Kier molecular flexibility index (Phi) is 18.9. The van der Waals surface area contributed by atoms with E-state index in [1.54, 1.807) is 0 Å². The third kappa shape index (κ3) is 11.1. The molecule has 1 N–H and O–H groups in total. The number of rotatable bonds is 28. The Bertz CT molecular complexity index is 1150. The van der Waals surface area contributed by atoms with Gasteiger partial charge in [0, 0.05) is 18.9 Å². The lowest BCUT2D eigenvalue weighted by Crippen LogP contribution is -2.77. The molecule has 330 valence electrons. The van der Waals surface area contributed by atoms with Crippen LogP contribution < -0.4 is 5.32 Å². The SMILES string of the molecule is CCCCCCCCCCCCCCCCCCNC(=O)CC(C)C(F)(F)C(F)(F)C(F)(F)C(F)(F)C(F)(F)C(F)(F)C(F)(F)C(F)(F)C(F)(F)C(F)(F)F. The van der Waals surface area contributed by atoms with Crippen molar-refractivity contribution in [2.24, 2.45) is 5.92 Å². The van der Waals surface area contributed by atoms with Crippen LogP contribution in [0, 0.1) is 5.92 Å². The Labute approximate surface area is 303 Å². The van der Waals surface area contributed by atoms with Gasteiger partial charge < -0.3 is 5.32 Å². The largest absolute Gasteiger partial charge is 0.460 e. The fraction of sp³-hybridized carbons (Fsp3) is 0.969. The molecule has 0 spiro atoms. The standard InChI is InChI=1S/C32H44F21NO/c1-3-4-5-6-7-8-9-10-11-12-13-14-15-16-17-18-19-54-22(55)20-21(2)23(33,34)24(35,36)25(37,38)26(39,40)27(41,42)28(43,44)29(45,46)30(47,48)31(49,50)32(51,52)53/h21H,3-20H2,1-2H3,(H,54,55). The molecule has 0 saturated carbocycles. The van der Waals surface area contributed by atoms with Gasteiger partial charge in [0.15, 0.2) is 0 Å². The van der Waals surface area contributed by atoms with Crippen molar-refractivity contribution >= 4 is 5.91 Å². The normalized spacial score (nSPS) is 15.4. The van der Waals surface area contributed by atoms with E-state index in [1.165, 1.54) is 38.5 Å². The lowest BCUT2D eigenvalue weighted by Gasteiger charge is -2.45. The van der Waals surface area contributed by atoms with Crippen LogP contribution in [-0.2, 0) is 4.79 Å². The highest BCUT2D eigenvalue weighted by atomic mass is 19.4. The van der Waals surface area contributed by atoms with Gasteiger partial charge in [-0.05, 0) is 6.42 Å². The molecule has 0 heterocycles. The summed E-state index contributed by atoms with van der Waals surface area (Å²) in [5.74, 6) is -82.7. The Morgan fingerprint density at radius 1 is 0.400 bits per heavy atom. The van der Waals surface area contributed by atoms with Crippen molar-refractivity contribution in [1.82, 2.24) is 5.32 Å². The molecule has 23 heteroatoms. The van der Waals surface area contributed by atoms with E-state index in [0.717, 1.165) is 44.9 Å². The van der Waals surface area contributed by atoms with Crippen LogP contribution in [0.2, 0.25) is 0 Å². The van der Waals surface area contributed by atoms with Gasteiger partial charge in [0.1, 0.15) is 0 Å². The van der Waals surface area contributed by atoms with Crippen LogP contribution in [0.4, 0.5) is 92.2 Å². The van der Waals surface area contributed by atoms with Crippen LogP contribution in [0.25, 0.3) is 0 Å². The number of unbranched alkanes of at least 4 members (excludes halogenated alkanes) is 15. The highest BCUT2D eigenvalue weighted by molar-refractivity contribution is 5.76. The molecule has 0 aliphatic carbocycles. The second-order valence-corrected chi connectivity index (χ2v) is 13.5. The van der Waals surface area contributed by atoms with Gasteiger partial charge in [-0.1, -0.05) is 110 Å². The summed E-state index contributed by atoms with van der Waals surface area (Å²) in [6.07, 6.45) is 5.49. The van der Waals surface area contributed by atoms with Crippen LogP contribution >= 0.6 is 0 Å². The summed E-state index contributed by atoms with van der Waals surface area (Å²) in [7, 11) is 0. The first kappa shape index (κ1) is 53.0. The summed E-state index contributed by atoms with van der Waals surface area (Å²) in [6.45, 7) is 1.59. The van der Waals surface area contributed by atoms with Gasteiger partial charge in [-0.25, -0.2) is 0 Å². The molecule has 0 fully saturated rings. The molecule has 0 saturated heterocycles. The summed E-state index contributed by atoms with van der Waals surface area (Å²) in [6, 6.07) is 0. The van der Waals surface area contributed by atoms with E-state index in [2.05, 4.69) is 6.92 Å². The molecule has 1 amide bonds. The number of hydrogen-bond donors (Lipinski definition) is 1. The average Bonchev–Trinajstić information content (AvgIpc) is 3.04. The molecular formula is C32H44F21NO. The van der Waals surface area contributed by atoms with E-state index in [4.69, 9.17) is 0 Å². The van der Waals surface area contributed by atoms with Gasteiger partial charge in [0.05, 0.1) is 0 Å². The zero-order valence-electron chi connectivity index (χ0n) is 29.7. The number of amides is 1. The maximum atomic E-state index is 14.5. The molecule has 0 bridgehead atoms. The van der Waals surface area contributed by atoms with Gasteiger partial charge in [0.25, 0.3) is 0 Å². The van der Waals surface area contributed by atoms with E-state index in [0.29, 0.717) is 12.8 Å². The van der Waals surface area contributed by atoms with Crippen molar-refractivity contribution in [2.75, 3.05) is 6.54 Å². The van der Waals surface area contributed by atoms with E-state index >= 15 is 0 Å². The number of nitrogens with one attached hydrogen (secondary N) is 1. The first-order valence-electron chi connectivity index (χ1n) is 17.4. The summed E-state index contributed by atoms with van der Waals surface area (Å²) >= 11 is 0. The van der Waals surface area contributed by atoms with Gasteiger partial charge in [-0.3, -0.25) is 4.79 Å². The van der Waals surface area contributed by atoms with Crippen LogP contribution in [-0.4, -0.2) is 71.9 Å². The molecule has 0 aromatic heterocycles. The molecule has 1 atom stereocenters. The summed E-state index contributed by atoms with van der Waals surface area (Å²) in [4.78, 5) is 11.9. The number of carbonyl (C=O) groups excluding carboxylic acids is 1. The molecule has 2 nitrogen and oxygen atoms in total. The molecule has 0 aliphatic rings. The fourth-order valence-corrected chi connectivity index (χ4v) is 5.26. The first-order valence-corrected chi connectivity index (χ1v) is 17.4. The minimum Gasteiger partial charge on any atom is -0.356 e. The highest BCUT2D eigenvalue weighted by Gasteiger charge is 2.98. The third-order valence-electron chi connectivity index (χ3n) is 9.00. The van der Waals surface area contributed by atoms with Crippen molar-refractivity contribution < 1.29 is 97.0 Å². The number of hydrogen-bond acceptors (Lipinski definition) is 1. The zero-order chi connectivity index (χ0) is 43.6. The maximum Gasteiger partial charge on any atom is 0.460 e. The van der Waals surface area contributed by atoms with Gasteiger partial charge in [-0.2, -0.15) is 92.2 Å². The van der Waals surface area contributed by atoms with E-state index in [1.807, 2.05) is 5.32 Å². The lowest BCUT2D eigenvalue weighted by atomic mass is 9.83. The topological polar surface area (TPSA) is 29.1 Å². The summed E-state index contributed by atoms with van der Waals surface area (Å²) < 4.78 is 286. The Hall–Kier alpha value is -2.00. The number of halogens is 21. The molecule has 55 heavy (non-hydrogen) atoms. The second-order valence-electron chi connectivity index (χ2n) is 13.5. The summed E-state index contributed by atoms with van der Waals surface area (Å²) in [5, 5.41) is 1.89. The predicted molar refractivity (Wildman–Crippen MR) is 157 cm³/mol. The minimum absolute atomic E-state index is 0.164. The predicted octanol–water partition coefficient (Wildman–Crippen LogP) is 13.7. The first-order chi connectivity index (χ1) is 24.6. The molecule has 0 aromatic rings. The summed E-state index contributed by atoms with van der Waals surface area (Å²) in [5.41, 5.74) is 0. The zero-order valence-corrected chi connectivity index (χ0v) is 29.7. The Morgan fingerprint density at radius 2 is 0.655 bits per heavy atom. The highest BCUT2D eigenvalue weighted by Crippen LogP contribution is 2.66. The van der Waals surface area contributed by atoms with Crippen LogP contribution in [0.5, 0.6) is 0 Å². The molecule has 0 aromatic carbocycles.